The van der Waals surface area contributed by atoms with Crippen molar-refractivity contribution in [1.29, 1.82) is 0 Å². The molecule has 0 aliphatic carbocycles. The summed E-state index contributed by atoms with van der Waals surface area (Å²) in [5, 5.41) is 13.0. The summed E-state index contributed by atoms with van der Waals surface area (Å²) in [5.74, 6) is 0.865. The molecule has 1 aliphatic heterocycles. The average Bonchev–Trinajstić information content (AvgIpc) is 2.54. The van der Waals surface area contributed by atoms with Crippen molar-refractivity contribution in [3.8, 4) is 5.75 Å². The second kappa shape index (κ2) is 5.38. The van der Waals surface area contributed by atoms with E-state index >= 15 is 0 Å². The quantitative estimate of drug-likeness (QED) is 0.796. The second-order valence-electron chi connectivity index (χ2n) is 4.48. The summed E-state index contributed by atoms with van der Waals surface area (Å²) < 4.78 is 5.39. The molecule has 0 aromatic heterocycles. The number of aliphatic hydroxyl groups is 1. The van der Waals surface area contributed by atoms with Crippen molar-refractivity contribution in [3.05, 3.63) is 23.8 Å². The number of β-amino-alcohol motifs (C(OH)–C–C–N with tert-alkyl or cyclic N) is 1. The monoisotopic (exact) mass is 236 g/mol. The first-order chi connectivity index (χ1) is 8.20. The zero-order valence-corrected chi connectivity index (χ0v) is 10.4. The van der Waals surface area contributed by atoms with Crippen LogP contribution in [0.4, 0.5) is 5.69 Å². The van der Waals surface area contributed by atoms with E-state index in [4.69, 9.17) is 4.74 Å². The van der Waals surface area contributed by atoms with Crippen molar-refractivity contribution in [2.45, 2.75) is 13.0 Å². The number of anilines is 1. The highest BCUT2D eigenvalue weighted by Crippen LogP contribution is 2.29. The third-order valence-corrected chi connectivity index (χ3v) is 3.04. The normalized spacial score (nSPS) is 21.1. The lowest BCUT2D eigenvalue weighted by Crippen LogP contribution is -2.33. The number of hydrogen-bond donors (Lipinski definition) is 2. The van der Waals surface area contributed by atoms with Gasteiger partial charge < -0.3 is 20.1 Å². The van der Waals surface area contributed by atoms with Crippen LogP contribution in [0.3, 0.4) is 0 Å². The van der Waals surface area contributed by atoms with Crippen LogP contribution in [0.5, 0.6) is 5.75 Å². The zero-order valence-electron chi connectivity index (χ0n) is 10.4. The maximum absolute atomic E-state index is 9.81. The molecule has 1 unspecified atom stereocenters. The van der Waals surface area contributed by atoms with E-state index in [2.05, 4.69) is 23.2 Å². The zero-order chi connectivity index (χ0) is 12.3. The number of nitrogens with zero attached hydrogens (tertiary/aromatic N) is 1. The summed E-state index contributed by atoms with van der Waals surface area (Å²) in [6.45, 7) is 5.14. The van der Waals surface area contributed by atoms with Crippen LogP contribution in [0, 0.1) is 6.92 Å². The average molecular weight is 236 g/mol. The van der Waals surface area contributed by atoms with E-state index in [0.717, 1.165) is 24.5 Å². The summed E-state index contributed by atoms with van der Waals surface area (Å²) in [7, 11) is 1.68. The number of rotatable bonds is 2. The molecule has 0 bridgehead atoms. The van der Waals surface area contributed by atoms with E-state index in [1.807, 2.05) is 12.1 Å². The van der Waals surface area contributed by atoms with Crippen LogP contribution in [0.15, 0.2) is 18.2 Å². The molecule has 0 spiro atoms. The number of methoxy groups -OCH3 is 1. The molecular weight excluding hydrogens is 216 g/mol. The summed E-state index contributed by atoms with van der Waals surface area (Å²) in [6, 6.07) is 6.13. The standard InChI is InChI=1S/C13H20N2O2/c1-10-3-4-13(17-2)12(7-10)15-6-5-14-8-11(16)9-15/h3-4,7,11,14,16H,5-6,8-9H2,1-2H3. The molecule has 0 radical (unpaired) electrons. The Hall–Kier alpha value is -1.26. The van der Waals surface area contributed by atoms with Gasteiger partial charge in [-0.3, -0.25) is 0 Å². The van der Waals surface area contributed by atoms with E-state index in [1.165, 1.54) is 5.56 Å². The van der Waals surface area contributed by atoms with Crippen molar-refractivity contribution in [2.24, 2.45) is 0 Å². The largest absolute Gasteiger partial charge is 0.495 e. The Morgan fingerprint density at radius 3 is 3.06 bits per heavy atom. The van der Waals surface area contributed by atoms with Gasteiger partial charge in [0.15, 0.2) is 0 Å². The number of aliphatic hydroxyl groups excluding tert-OH is 1. The number of nitrogens with one attached hydrogen (secondary N) is 1. The number of hydrogen-bond acceptors (Lipinski definition) is 4. The third-order valence-electron chi connectivity index (χ3n) is 3.04. The Kier molecular flexibility index (Phi) is 3.86. The topological polar surface area (TPSA) is 44.7 Å². The van der Waals surface area contributed by atoms with Gasteiger partial charge in [0.1, 0.15) is 5.75 Å². The van der Waals surface area contributed by atoms with Gasteiger partial charge in [-0.1, -0.05) is 6.07 Å². The van der Waals surface area contributed by atoms with Crippen molar-refractivity contribution >= 4 is 5.69 Å². The SMILES string of the molecule is COc1ccc(C)cc1N1CCNCC(O)C1. The van der Waals surface area contributed by atoms with Crippen LogP contribution in [0.2, 0.25) is 0 Å². The molecule has 1 heterocycles. The summed E-state index contributed by atoms with van der Waals surface area (Å²) in [6.07, 6.45) is -0.331. The molecule has 17 heavy (non-hydrogen) atoms. The van der Waals surface area contributed by atoms with Gasteiger partial charge in [-0.25, -0.2) is 0 Å². The lowest BCUT2D eigenvalue weighted by atomic mass is 10.2. The molecule has 1 aromatic rings. The fourth-order valence-corrected chi connectivity index (χ4v) is 2.16. The molecule has 94 valence electrons. The maximum atomic E-state index is 9.81. The van der Waals surface area contributed by atoms with Crippen LogP contribution >= 0.6 is 0 Å². The molecule has 2 N–H and O–H groups in total. The lowest BCUT2D eigenvalue weighted by Gasteiger charge is -2.26. The van der Waals surface area contributed by atoms with E-state index in [1.54, 1.807) is 7.11 Å². The van der Waals surface area contributed by atoms with Crippen molar-refractivity contribution < 1.29 is 9.84 Å². The van der Waals surface area contributed by atoms with E-state index < -0.39 is 0 Å². The predicted molar refractivity (Wildman–Crippen MR) is 68.8 cm³/mol. The van der Waals surface area contributed by atoms with Gasteiger partial charge in [-0.2, -0.15) is 0 Å². The Labute approximate surface area is 102 Å². The van der Waals surface area contributed by atoms with Crippen molar-refractivity contribution in [2.75, 3.05) is 38.2 Å². The highest BCUT2D eigenvalue weighted by Gasteiger charge is 2.18. The minimum absolute atomic E-state index is 0.331. The van der Waals surface area contributed by atoms with Crippen LogP contribution < -0.4 is 15.0 Å². The molecule has 1 fully saturated rings. The van der Waals surface area contributed by atoms with Crippen molar-refractivity contribution in [1.82, 2.24) is 5.32 Å². The number of aryl methyl sites for hydroxylation is 1. The Balaban J connectivity index is 2.27. The van der Waals surface area contributed by atoms with Crippen LogP contribution in [-0.4, -0.2) is 44.5 Å². The van der Waals surface area contributed by atoms with Gasteiger partial charge in [0.05, 0.1) is 18.9 Å². The van der Waals surface area contributed by atoms with Gasteiger partial charge in [0.2, 0.25) is 0 Å². The van der Waals surface area contributed by atoms with Crippen LogP contribution in [-0.2, 0) is 0 Å². The highest BCUT2D eigenvalue weighted by atomic mass is 16.5. The molecule has 4 heteroatoms. The first-order valence-electron chi connectivity index (χ1n) is 5.99. The minimum Gasteiger partial charge on any atom is -0.495 e. The summed E-state index contributed by atoms with van der Waals surface area (Å²) in [4.78, 5) is 2.18. The minimum atomic E-state index is -0.331. The van der Waals surface area contributed by atoms with Gasteiger partial charge in [0.25, 0.3) is 0 Å². The fraction of sp³-hybridized carbons (Fsp3) is 0.538. The van der Waals surface area contributed by atoms with Crippen LogP contribution in [0.1, 0.15) is 5.56 Å². The van der Waals surface area contributed by atoms with Crippen LogP contribution in [0.25, 0.3) is 0 Å². The highest BCUT2D eigenvalue weighted by molar-refractivity contribution is 5.60. The molecule has 1 saturated heterocycles. The van der Waals surface area contributed by atoms with E-state index in [9.17, 15) is 5.11 Å². The molecule has 1 atom stereocenters. The second-order valence-corrected chi connectivity index (χ2v) is 4.48. The number of ether oxygens (including phenoxy) is 1. The molecule has 1 aliphatic rings. The smallest absolute Gasteiger partial charge is 0.142 e. The summed E-state index contributed by atoms with van der Waals surface area (Å²) >= 11 is 0. The van der Waals surface area contributed by atoms with Gasteiger partial charge in [-0.05, 0) is 24.6 Å². The Morgan fingerprint density at radius 2 is 2.29 bits per heavy atom. The van der Waals surface area contributed by atoms with Gasteiger partial charge >= 0.3 is 0 Å². The molecular formula is C13H20N2O2. The first-order valence-corrected chi connectivity index (χ1v) is 5.99. The Morgan fingerprint density at radius 1 is 1.47 bits per heavy atom. The molecule has 4 nitrogen and oxygen atoms in total. The third kappa shape index (κ3) is 2.90. The van der Waals surface area contributed by atoms with E-state index in [-0.39, 0.29) is 6.10 Å². The molecule has 0 saturated carbocycles. The predicted octanol–water partition coefficient (Wildman–Crippen LogP) is 0.774. The fourth-order valence-electron chi connectivity index (χ4n) is 2.16. The molecule has 2 rings (SSSR count). The first kappa shape index (κ1) is 12.2. The van der Waals surface area contributed by atoms with Gasteiger partial charge in [0, 0.05) is 26.2 Å². The molecule has 1 aromatic carbocycles. The molecule has 0 amide bonds. The maximum Gasteiger partial charge on any atom is 0.142 e. The number of benzene rings is 1. The van der Waals surface area contributed by atoms with Crippen molar-refractivity contribution in [3.63, 3.8) is 0 Å². The van der Waals surface area contributed by atoms with E-state index in [0.29, 0.717) is 13.1 Å². The Bertz CT molecular complexity index is 382. The van der Waals surface area contributed by atoms with Gasteiger partial charge in [-0.15, -0.1) is 0 Å². The lowest BCUT2D eigenvalue weighted by molar-refractivity contribution is 0.184. The summed E-state index contributed by atoms with van der Waals surface area (Å²) in [5.41, 5.74) is 2.27.